The van der Waals surface area contributed by atoms with Crippen LogP contribution in [0.15, 0.2) is 28.7 Å². The SMILES string of the molecule is CNC(CCN1CCS(=O)CC1)c1cccc(Br)c1. The lowest BCUT2D eigenvalue weighted by molar-refractivity contribution is 0.281. The van der Waals surface area contributed by atoms with Crippen molar-refractivity contribution in [2.24, 2.45) is 0 Å². The van der Waals surface area contributed by atoms with Gasteiger partial charge in [0.1, 0.15) is 0 Å². The molecule has 106 valence electrons. The van der Waals surface area contributed by atoms with Gasteiger partial charge in [0.25, 0.3) is 0 Å². The third kappa shape index (κ3) is 4.67. The fraction of sp³-hybridized carbons (Fsp3) is 0.571. The van der Waals surface area contributed by atoms with Gasteiger partial charge in [-0.15, -0.1) is 0 Å². The van der Waals surface area contributed by atoms with Gasteiger partial charge in [-0.05, 0) is 31.2 Å². The van der Waals surface area contributed by atoms with Gasteiger partial charge in [0.2, 0.25) is 0 Å². The molecule has 1 atom stereocenters. The maximum atomic E-state index is 11.3. The molecule has 1 unspecified atom stereocenters. The van der Waals surface area contributed by atoms with Crippen LogP contribution in [0.2, 0.25) is 0 Å². The first-order valence-corrected chi connectivity index (χ1v) is 8.97. The third-order valence-electron chi connectivity index (χ3n) is 3.60. The highest BCUT2D eigenvalue weighted by molar-refractivity contribution is 9.10. The Bertz CT molecular complexity index is 431. The standard InChI is InChI=1S/C14H21BrN2OS/c1-16-14(12-3-2-4-13(15)11-12)5-6-17-7-9-19(18)10-8-17/h2-4,11,14,16H,5-10H2,1H3. The van der Waals surface area contributed by atoms with Crippen LogP contribution in [0.5, 0.6) is 0 Å². The van der Waals surface area contributed by atoms with Crippen LogP contribution >= 0.6 is 15.9 Å². The summed E-state index contributed by atoms with van der Waals surface area (Å²) >= 11 is 3.52. The summed E-state index contributed by atoms with van der Waals surface area (Å²) in [5, 5.41) is 3.39. The number of hydrogen-bond acceptors (Lipinski definition) is 3. The van der Waals surface area contributed by atoms with Crippen LogP contribution < -0.4 is 5.32 Å². The van der Waals surface area contributed by atoms with Crippen LogP contribution in [0, 0.1) is 0 Å². The lowest BCUT2D eigenvalue weighted by atomic mass is 10.0. The zero-order valence-electron chi connectivity index (χ0n) is 11.3. The second-order valence-corrected chi connectivity index (χ2v) is 7.49. The molecule has 0 bridgehead atoms. The zero-order valence-corrected chi connectivity index (χ0v) is 13.7. The van der Waals surface area contributed by atoms with Crippen LogP contribution in [-0.4, -0.2) is 47.3 Å². The van der Waals surface area contributed by atoms with Crippen molar-refractivity contribution in [2.75, 3.05) is 38.2 Å². The van der Waals surface area contributed by atoms with E-state index in [1.54, 1.807) is 0 Å². The normalized spacial score (nSPS) is 19.5. The van der Waals surface area contributed by atoms with Gasteiger partial charge in [-0.1, -0.05) is 28.1 Å². The summed E-state index contributed by atoms with van der Waals surface area (Å²) in [6, 6.07) is 8.85. The van der Waals surface area contributed by atoms with Crippen molar-refractivity contribution in [2.45, 2.75) is 12.5 Å². The Labute approximate surface area is 126 Å². The molecule has 1 aromatic rings. The van der Waals surface area contributed by atoms with Crippen molar-refractivity contribution >= 4 is 26.7 Å². The fourth-order valence-corrected chi connectivity index (χ4v) is 3.96. The van der Waals surface area contributed by atoms with Crippen LogP contribution in [0.25, 0.3) is 0 Å². The van der Waals surface area contributed by atoms with Crippen LogP contribution in [-0.2, 0) is 10.8 Å². The van der Waals surface area contributed by atoms with Gasteiger partial charge in [0.05, 0.1) is 0 Å². The van der Waals surface area contributed by atoms with Crippen molar-refractivity contribution in [1.82, 2.24) is 10.2 Å². The number of hydrogen-bond donors (Lipinski definition) is 1. The molecule has 0 saturated carbocycles. The number of nitrogens with zero attached hydrogens (tertiary/aromatic N) is 1. The predicted octanol–water partition coefficient (Wildman–Crippen LogP) is 2.16. The summed E-state index contributed by atoms with van der Waals surface area (Å²) in [5.74, 6) is 1.67. The van der Waals surface area contributed by atoms with E-state index in [0.717, 1.165) is 42.0 Å². The maximum absolute atomic E-state index is 11.3. The Hall–Kier alpha value is -0.230. The van der Waals surface area contributed by atoms with E-state index in [4.69, 9.17) is 0 Å². The lowest BCUT2D eigenvalue weighted by Crippen LogP contribution is -2.39. The molecule has 0 radical (unpaired) electrons. The molecule has 0 aromatic heterocycles. The molecule has 1 saturated heterocycles. The Morgan fingerprint density at radius 3 is 2.79 bits per heavy atom. The highest BCUT2D eigenvalue weighted by Crippen LogP contribution is 2.21. The monoisotopic (exact) mass is 344 g/mol. The summed E-state index contributed by atoms with van der Waals surface area (Å²) in [6.45, 7) is 3.01. The number of nitrogens with one attached hydrogen (secondary N) is 1. The van der Waals surface area contributed by atoms with E-state index >= 15 is 0 Å². The van der Waals surface area contributed by atoms with Gasteiger partial charge in [-0.3, -0.25) is 4.21 Å². The second kappa shape index (κ2) is 7.53. The Kier molecular flexibility index (Phi) is 6.01. The summed E-state index contributed by atoms with van der Waals surface area (Å²) in [5.41, 5.74) is 1.32. The lowest BCUT2D eigenvalue weighted by Gasteiger charge is -2.28. The maximum Gasteiger partial charge on any atom is 0.0363 e. The molecular weight excluding hydrogens is 324 g/mol. The van der Waals surface area contributed by atoms with Gasteiger partial charge in [0, 0.05) is 52.5 Å². The molecule has 0 aliphatic carbocycles. The molecule has 5 heteroatoms. The predicted molar refractivity (Wildman–Crippen MR) is 84.9 cm³/mol. The largest absolute Gasteiger partial charge is 0.313 e. The minimum absolute atomic E-state index is 0.380. The van der Waals surface area contributed by atoms with E-state index in [9.17, 15) is 4.21 Å². The minimum atomic E-state index is -0.580. The van der Waals surface area contributed by atoms with Crippen LogP contribution in [0.3, 0.4) is 0 Å². The highest BCUT2D eigenvalue weighted by atomic mass is 79.9. The van der Waals surface area contributed by atoms with E-state index in [-0.39, 0.29) is 0 Å². The van der Waals surface area contributed by atoms with Gasteiger partial charge in [-0.25, -0.2) is 0 Å². The van der Waals surface area contributed by atoms with E-state index in [0.29, 0.717) is 6.04 Å². The topological polar surface area (TPSA) is 32.3 Å². The highest BCUT2D eigenvalue weighted by Gasteiger charge is 2.17. The number of halogens is 1. The Balaban J connectivity index is 1.87. The Morgan fingerprint density at radius 2 is 2.16 bits per heavy atom. The van der Waals surface area contributed by atoms with Gasteiger partial charge >= 0.3 is 0 Å². The molecule has 1 aliphatic rings. The van der Waals surface area contributed by atoms with E-state index in [2.05, 4.69) is 50.4 Å². The van der Waals surface area contributed by atoms with E-state index in [1.165, 1.54) is 5.56 Å². The number of rotatable bonds is 5. The molecule has 1 aliphatic heterocycles. The molecule has 0 spiro atoms. The summed E-state index contributed by atoms with van der Waals surface area (Å²) in [6.07, 6.45) is 1.08. The van der Waals surface area contributed by atoms with E-state index < -0.39 is 10.8 Å². The zero-order chi connectivity index (χ0) is 13.7. The number of benzene rings is 1. The second-order valence-electron chi connectivity index (χ2n) is 4.87. The average molecular weight is 345 g/mol. The summed E-state index contributed by atoms with van der Waals surface area (Å²) < 4.78 is 12.5. The van der Waals surface area contributed by atoms with E-state index in [1.807, 2.05) is 7.05 Å². The summed E-state index contributed by atoms with van der Waals surface area (Å²) in [4.78, 5) is 2.42. The van der Waals surface area contributed by atoms with Gasteiger partial charge in [0.15, 0.2) is 0 Å². The first-order chi connectivity index (χ1) is 9.19. The van der Waals surface area contributed by atoms with Crippen molar-refractivity contribution < 1.29 is 4.21 Å². The molecule has 3 nitrogen and oxygen atoms in total. The molecule has 1 aromatic carbocycles. The fourth-order valence-electron chi connectivity index (χ4n) is 2.41. The third-order valence-corrected chi connectivity index (χ3v) is 5.37. The molecule has 19 heavy (non-hydrogen) atoms. The smallest absolute Gasteiger partial charge is 0.0363 e. The van der Waals surface area contributed by atoms with Crippen LogP contribution in [0.1, 0.15) is 18.0 Å². The van der Waals surface area contributed by atoms with Crippen molar-refractivity contribution in [3.05, 3.63) is 34.3 Å². The molecule has 1 heterocycles. The van der Waals surface area contributed by atoms with Crippen molar-refractivity contribution in [3.63, 3.8) is 0 Å². The van der Waals surface area contributed by atoms with Gasteiger partial charge < -0.3 is 10.2 Å². The average Bonchev–Trinajstić information content (AvgIpc) is 2.42. The molecule has 1 N–H and O–H groups in total. The van der Waals surface area contributed by atoms with Crippen molar-refractivity contribution in [1.29, 1.82) is 0 Å². The molecule has 2 rings (SSSR count). The summed E-state index contributed by atoms with van der Waals surface area (Å²) in [7, 11) is 1.43. The first kappa shape index (κ1) is 15.2. The molecular formula is C14H21BrN2OS. The minimum Gasteiger partial charge on any atom is -0.313 e. The van der Waals surface area contributed by atoms with Crippen molar-refractivity contribution in [3.8, 4) is 0 Å². The van der Waals surface area contributed by atoms with Crippen LogP contribution in [0.4, 0.5) is 0 Å². The first-order valence-electron chi connectivity index (χ1n) is 6.69. The molecule has 1 fully saturated rings. The Morgan fingerprint density at radius 1 is 1.42 bits per heavy atom. The van der Waals surface area contributed by atoms with Gasteiger partial charge in [-0.2, -0.15) is 0 Å². The molecule has 0 amide bonds. The quantitative estimate of drug-likeness (QED) is 0.888.